The summed E-state index contributed by atoms with van der Waals surface area (Å²) in [6.07, 6.45) is 5.01. The van der Waals surface area contributed by atoms with Gasteiger partial charge >= 0.3 is 5.97 Å². The van der Waals surface area contributed by atoms with Gasteiger partial charge in [-0.05, 0) is 25.5 Å². The van der Waals surface area contributed by atoms with Crippen molar-refractivity contribution in [3.8, 4) is 11.1 Å². The summed E-state index contributed by atoms with van der Waals surface area (Å²) in [6.45, 7) is 4.01. The van der Waals surface area contributed by atoms with Gasteiger partial charge in [-0.3, -0.25) is 4.98 Å². The van der Waals surface area contributed by atoms with Crippen molar-refractivity contribution < 1.29 is 9.90 Å². The van der Waals surface area contributed by atoms with Gasteiger partial charge in [0.25, 0.3) is 0 Å². The number of hydrogen-bond acceptors (Lipinski definition) is 2. The second kappa shape index (κ2) is 6.24. The number of pyridine rings is 1. The first-order chi connectivity index (χ1) is 11.1. The van der Waals surface area contributed by atoms with Crippen LogP contribution in [-0.2, 0) is 4.79 Å². The number of benzene rings is 1. The fourth-order valence-electron chi connectivity index (χ4n) is 3.30. The van der Waals surface area contributed by atoms with Crippen LogP contribution in [0.5, 0.6) is 0 Å². The summed E-state index contributed by atoms with van der Waals surface area (Å²) in [5.74, 6) is -0.784. The lowest BCUT2D eigenvalue weighted by Crippen LogP contribution is -2.19. The van der Waals surface area contributed by atoms with Gasteiger partial charge in [0.2, 0.25) is 0 Å². The highest BCUT2D eigenvalue weighted by Crippen LogP contribution is 2.37. The highest BCUT2D eigenvalue weighted by Gasteiger charge is 2.25. The fraction of sp³-hybridized carbons (Fsp3) is 0.263. The number of nitrogens with zero attached hydrogens (tertiary/aromatic N) is 2. The lowest BCUT2D eigenvalue weighted by atomic mass is 10.0. The Morgan fingerprint density at radius 2 is 2.04 bits per heavy atom. The highest BCUT2D eigenvalue weighted by atomic mass is 16.4. The number of hydrogen-bond donors (Lipinski definition) is 1. The van der Waals surface area contributed by atoms with Crippen molar-refractivity contribution in [1.29, 1.82) is 0 Å². The van der Waals surface area contributed by atoms with Crippen LogP contribution in [0.4, 0.5) is 0 Å². The molecule has 0 spiro atoms. The first-order valence-electron chi connectivity index (χ1n) is 7.87. The minimum Gasteiger partial charge on any atom is -0.480 e. The van der Waals surface area contributed by atoms with E-state index in [1.807, 2.05) is 61.0 Å². The zero-order valence-electron chi connectivity index (χ0n) is 13.4. The van der Waals surface area contributed by atoms with Gasteiger partial charge < -0.3 is 9.67 Å². The first kappa shape index (κ1) is 15.3. The second-order valence-electron chi connectivity index (χ2n) is 5.73. The Morgan fingerprint density at radius 1 is 1.26 bits per heavy atom. The summed E-state index contributed by atoms with van der Waals surface area (Å²) in [5.41, 5.74) is 4.02. The second-order valence-corrected chi connectivity index (χ2v) is 5.73. The molecule has 0 aliphatic carbocycles. The normalized spacial score (nSPS) is 12.4. The summed E-state index contributed by atoms with van der Waals surface area (Å²) in [6, 6.07) is 11.4. The van der Waals surface area contributed by atoms with Crippen LogP contribution in [0.15, 0.2) is 48.8 Å². The van der Waals surface area contributed by atoms with Crippen LogP contribution in [0, 0.1) is 6.92 Å². The van der Waals surface area contributed by atoms with Crippen LogP contribution in [0.1, 0.15) is 31.5 Å². The molecule has 23 heavy (non-hydrogen) atoms. The number of para-hydroxylation sites is 1. The molecule has 1 aromatic carbocycles. The van der Waals surface area contributed by atoms with Crippen LogP contribution >= 0.6 is 0 Å². The third-order valence-electron chi connectivity index (χ3n) is 4.27. The molecule has 3 aromatic rings. The van der Waals surface area contributed by atoms with E-state index < -0.39 is 12.0 Å². The summed E-state index contributed by atoms with van der Waals surface area (Å²) >= 11 is 0. The van der Waals surface area contributed by atoms with Crippen LogP contribution in [0.2, 0.25) is 0 Å². The van der Waals surface area contributed by atoms with Crippen molar-refractivity contribution in [3.63, 3.8) is 0 Å². The number of carboxylic acids is 1. The standard InChI is InChI=1S/C19H20N2O2/c1-3-7-17(19(22)23)21-13(2)18(14-8-6-11-20-12-14)15-9-4-5-10-16(15)21/h4-6,8-12,17H,3,7H2,1-2H3,(H,22,23). The molecule has 4 heteroatoms. The van der Waals surface area contributed by atoms with Gasteiger partial charge in [-0.25, -0.2) is 4.79 Å². The Bertz CT molecular complexity index is 837. The van der Waals surface area contributed by atoms with E-state index in [1.54, 1.807) is 6.20 Å². The molecular formula is C19H20N2O2. The van der Waals surface area contributed by atoms with Crippen LogP contribution in [0.3, 0.4) is 0 Å². The Morgan fingerprint density at radius 3 is 2.70 bits per heavy atom. The first-order valence-corrected chi connectivity index (χ1v) is 7.87. The minimum absolute atomic E-state index is 0.546. The van der Waals surface area contributed by atoms with Gasteiger partial charge in [0.05, 0.1) is 0 Å². The Hall–Kier alpha value is -2.62. The molecule has 1 unspecified atom stereocenters. The maximum absolute atomic E-state index is 11.8. The minimum atomic E-state index is -0.784. The van der Waals surface area contributed by atoms with Gasteiger partial charge in [0.1, 0.15) is 6.04 Å². The predicted molar refractivity (Wildman–Crippen MR) is 91.5 cm³/mol. The van der Waals surface area contributed by atoms with E-state index in [0.717, 1.165) is 34.1 Å². The SMILES string of the molecule is CCCC(C(=O)O)n1c(C)c(-c2cccnc2)c2ccccc21. The molecule has 0 saturated carbocycles. The topological polar surface area (TPSA) is 55.1 Å². The molecule has 0 saturated heterocycles. The quantitative estimate of drug-likeness (QED) is 0.758. The third-order valence-corrected chi connectivity index (χ3v) is 4.27. The molecule has 2 aromatic heterocycles. The average Bonchev–Trinajstić information content (AvgIpc) is 2.85. The monoisotopic (exact) mass is 308 g/mol. The molecule has 0 aliphatic rings. The average molecular weight is 308 g/mol. The Labute approximate surface area is 135 Å². The van der Waals surface area contributed by atoms with Gasteiger partial charge in [-0.2, -0.15) is 0 Å². The molecule has 3 rings (SSSR count). The summed E-state index contributed by atoms with van der Waals surface area (Å²) < 4.78 is 1.96. The largest absolute Gasteiger partial charge is 0.480 e. The zero-order chi connectivity index (χ0) is 16.4. The fourth-order valence-corrected chi connectivity index (χ4v) is 3.30. The van der Waals surface area contributed by atoms with E-state index in [1.165, 1.54) is 0 Å². The van der Waals surface area contributed by atoms with Gasteiger partial charge in [-0.15, -0.1) is 0 Å². The number of aromatic nitrogens is 2. The van der Waals surface area contributed by atoms with E-state index in [-0.39, 0.29) is 0 Å². The van der Waals surface area contributed by atoms with Crippen molar-refractivity contribution >= 4 is 16.9 Å². The van der Waals surface area contributed by atoms with E-state index in [2.05, 4.69) is 4.98 Å². The molecule has 0 amide bonds. The number of aliphatic carboxylic acids is 1. The Kier molecular flexibility index (Phi) is 4.15. The number of rotatable bonds is 5. The number of carboxylic acid groups (broad SMARTS) is 1. The highest BCUT2D eigenvalue weighted by molar-refractivity contribution is 5.98. The smallest absolute Gasteiger partial charge is 0.326 e. The van der Waals surface area contributed by atoms with Gasteiger partial charge in [0, 0.05) is 40.1 Å². The molecule has 0 radical (unpaired) electrons. The maximum Gasteiger partial charge on any atom is 0.326 e. The molecular weight excluding hydrogens is 288 g/mol. The van der Waals surface area contributed by atoms with Crippen molar-refractivity contribution in [3.05, 3.63) is 54.5 Å². The summed E-state index contributed by atoms with van der Waals surface area (Å²) in [4.78, 5) is 16.0. The van der Waals surface area contributed by atoms with Crippen LogP contribution in [-0.4, -0.2) is 20.6 Å². The van der Waals surface area contributed by atoms with Crippen LogP contribution in [0.25, 0.3) is 22.0 Å². The molecule has 2 heterocycles. The summed E-state index contributed by atoms with van der Waals surface area (Å²) in [7, 11) is 0. The summed E-state index contributed by atoms with van der Waals surface area (Å²) in [5, 5.41) is 10.8. The van der Waals surface area contributed by atoms with Crippen molar-refractivity contribution in [2.75, 3.05) is 0 Å². The van der Waals surface area contributed by atoms with Gasteiger partial charge in [-0.1, -0.05) is 37.6 Å². The van der Waals surface area contributed by atoms with Crippen LogP contribution < -0.4 is 0 Å². The third kappa shape index (κ3) is 2.61. The van der Waals surface area contributed by atoms with Gasteiger partial charge in [0.15, 0.2) is 0 Å². The van der Waals surface area contributed by atoms with Crippen molar-refractivity contribution in [1.82, 2.24) is 9.55 Å². The van der Waals surface area contributed by atoms with Crippen molar-refractivity contribution in [2.24, 2.45) is 0 Å². The molecule has 4 nitrogen and oxygen atoms in total. The Balaban J connectivity index is 2.32. The molecule has 0 fully saturated rings. The maximum atomic E-state index is 11.8. The zero-order valence-corrected chi connectivity index (χ0v) is 13.4. The van der Waals surface area contributed by atoms with E-state index in [4.69, 9.17) is 0 Å². The molecule has 1 atom stereocenters. The number of fused-ring (bicyclic) bond motifs is 1. The predicted octanol–water partition coefficient (Wildman–Crippen LogP) is 4.44. The lowest BCUT2D eigenvalue weighted by molar-refractivity contribution is -0.141. The number of carbonyl (C=O) groups is 1. The van der Waals surface area contributed by atoms with E-state index in [9.17, 15) is 9.90 Å². The van der Waals surface area contributed by atoms with E-state index >= 15 is 0 Å². The molecule has 0 aliphatic heterocycles. The van der Waals surface area contributed by atoms with Crippen molar-refractivity contribution in [2.45, 2.75) is 32.7 Å². The molecule has 118 valence electrons. The molecule has 1 N–H and O–H groups in total. The lowest BCUT2D eigenvalue weighted by Gasteiger charge is -2.17. The molecule has 0 bridgehead atoms. The van der Waals surface area contributed by atoms with E-state index in [0.29, 0.717) is 6.42 Å².